The molecular formula is C22H18N4O. The smallest absolute Gasteiger partial charge is 0.191 e. The highest BCUT2D eigenvalue weighted by atomic mass is 16.1. The number of H-pyrrole nitrogens is 1. The van der Waals surface area contributed by atoms with E-state index in [1.54, 1.807) is 12.3 Å². The molecule has 0 bridgehead atoms. The zero-order valence-corrected chi connectivity index (χ0v) is 14.7. The fourth-order valence-corrected chi connectivity index (χ4v) is 3.71. The number of anilines is 1. The third-order valence-electron chi connectivity index (χ3n) is 5.07. The third-order valence-corrected chi connectivity index (χ3v) is 5.07. The number of fused-ring (bicyclic) bond motifs is 2. The number of hydrogen-bond donors (Lipinski definition) is 1. The van der Waals surface area contributed by atoms with Gasteiger partial charge in [-0.05, 0) is 17.7 Å². The van der Waals surface area contributed by atoms with E-state index >= 15 is 0 Å². The number of nitrogens with one attached hydrogen (secondary N) is 1. The SMILES string of the molecule is O=c1cc[nH]c2nc(-c3ccccc3)c(N3CCc4ncccc4C3)cc12. The second kappa shape index (κ2) is 6.36. The highest BCUT2D eigenvalue weighted by Gasteiger charge is 2.22. The van der Waals surface area contributed by atoms with Crippen LogP contribution in [-0.4, -0.2) is 21.5 Å². The van der Waals surface area contributed by atoms with Gasteiger partial charge >= 0.3 is 0 Å². The molecule has 0 radical (unpaired) electrons. The molecule has 1 aliphatic rings. The molecular weight excluding hydrogens is 336 g/mol. The van der Waals surface area contributed by atoms with Gasteiger partial charge in [-0.1, -0.05) is 36.4 Å². The number of aromatic nitrogens is 3. The minimum atomic E-state index is -0.0174. The first-order valence-corrected chi connectivity index (χ1v) is 9.05. The molecule has 27 heavy (non-hydrogen) atoms. The molecule has 0 saturated carbocycles. The molecule has 0 amide bonds. The van der Waals surface area contributed by atoms with Crippen molar-refractivity contribution in [3.63, 3.8) is 0 Å². The van der Waals surface area contributed by atoms with E-state index in [0.717, 1.165) is 42.1 Å². The maximum atomic E-state index is 12.4. The molecule has 0 fully saturated rings. The van der Waals surface area contributed by atoms with Crippen LogP contribution in [0.15, 0.2) is 71.8 Å². The Kier molecular flexibility index (Phi) is 3.71. The molecule has 0 spiro atoms. The summed E-state index contributed by atoms with van der Waals surface area (Å²) in [5.74, 6) is 0. The maximum Gasteiger partial charge on any atom is 0.191 e. The second-order valence-corrected chi connectivity index (χ2v) is 6.74. The standard InChI is InChI=1S/C22H18N4O/c27-20-8-11-24-22-17(20)13-19(21(25-22)15-5-2-1-3-6-15)26-12-9-18-16(14-26)7-4-10-23-18/h1-8,10-11,13H,9,12,14H2,(H,24,25,27). The first kappa shape index (κ1) is 15.8. The van der Waals surface area contributed by atoms with Crippen molar-refractivity contribution in [1.82, 2.24) is 15.0 Å². The molecule has 5 nitrogen and oxygen atoms in total. The zero-order valence-electron chi connectivity index (χ0n) is 14.7. The Morgan fingerprint density at radius 2 is 1.93 bits per heavy atom. The first-order valence-electron chi connectivity index (χ1n) is 9.05. The molecule has 5 rings (SSSR count). The monoisotopic (exact) mass is 354 g/mol. The van der Waals surface area contributed by atoms with E-state index in [1.807, 2.05) is 36.5 Å². The molecule has 3 aromatic heterocycles. The molecule has 0 atom stereocenters. The van der Waals surface area contributed by atoms with Crippen LogP contribution in [0.3, 0.4) is 0 Å². The van der Waals surface area contributed by atoms with E-state index in [-0.39, 0.29) is 5.43 Å². The molecule has 132 valence electrons. The summed E-state index contributed by atoms with van der Waals surface area (Å²) in [4.78, 5) is 27.1. The molecule has 4 heterocycles. The second-order valence-electron chi connectivity index (χ2n) is 6.74. The Morgan fingerprint density at radius 1 is 1.04 bits per heavy atom. The molecule has 0 unspecified atom stereocenters. The predicted octanol–water partition coefficient (Wildman–Crippen LogP) is 3.55. The molecule has 0 saturated heterocycles. The molecule has 1 aliphatic heterocycles. The molecule has 1 aromatic carbocycles. The van der Waals surface area contributed by atoms with Crippen molar-refractivity contribution in [3.8, 4) is 11.3 Å². The summed E-state index contributed by atoms with van der Waals surface area (Å²) in [5.41, 5.74) is 5.89. The van der Waals surface area contributed by atoms with Gasteiger partial charge in [0.1, 0.15) is 5.65 Å². The van der Waals surface area contributed by atoms with Gasteiger partial charge < -0.3 is 9.88 Å². The van der Waals surface area contributed by atoms with Crippen LogP contribution in [0, 0.1) is 0 Å². The normalized spacial score (nSPS) is 13.6. The predicted molar refractivity (Wildman–Crippen MR) is 107 cm³/mol. The third kappa shape index (κ3) is 2.77. The Morgan fingerprint density at radius 3 is 2.81 bits per heavy atom. The summed E-state index contributed by atoms with van der Waals surface area (Å²) in [6.07, 6.45) is 4.38. The van der Waals surface area contributed by atoms with Crippen molar-refractivity contribution in [1.29, 1.82) is 0 Å². The Bertz CT molecular complexity index is 1180. The van der Waals surface area contributed by atoms with Gasteiger partial charge in [0.2, 0.25) is 0 Å². The van der Waals surface area contributed by atoms with E-state index in [1.165, 1.54) is 5.56 Å². The van der Waals surface area contributed by atoms with Crippen molar-refractivity contribution >= 4 is 16.7 Å². The quantitative estimate of drug-likeness (QED) is 0.598. The largest absolute Gasteiger partial charge is 0.365 e. The van der Waals surface area contributed by atoms with Crippen LogP contribution in [0.4, 0.5) is 5.69 Å². The van der Waals surface area contributed by atoms with Gasteiger partial charge in [-0.15, -0.1) is 0 Å². The lowest BCUT2D eigenvalue weighted by Crippen LogP contribution is -2.31. The number of aromatic amines is 1. The van der Waals surface area contributed by atoms with Gasteiger partial charge in [0, 0.05) is 49.2 Å². The number of rotatable bonds is 2. The average Bonchev–Trinajstić information content (AvgIpc) is 2.73. The first-order chi connectivity index (χ1) is 13.3. The summed E-state index contributed by atoms with van der Waals surface area (Å²) in [6.45, 7) is 1.61. The number of pyridine rings is 3. The van der Waals surface area contributed by atoms with Crippen molar-refractivity contribution in [2.24, 2.45) is 0 Å². The molecule has 0 aliphatic carbocycles. The fourth-order valence-electron chi connectivity index (χ4n) is 3.71. The van der Waals surface area contributed by atoms with Gasteiger partial charge in [0.15, 0.2) is 5.43 Å². The van der Waals surface area contributed by atoms with Gasteiger partial charge in [-0.25, -0.2) is 4.98 Å². The van der Waals surface area contributed by atoms with E-state index in [9.17, 15) is 4.79 Å². The highest BCUT2D eigenvalue weighted by molar-refractivity contribution is 5.87. The average molecular weight is 354 g/mol. The van der Waals surface area contributed by atoms with Crippen LogP contribution < -0.4 is 10.3 Å². The Labute approximate surface area is 156 Å². The summed E-state index contributed by atoms with van der Waals surface area (Å²) in [6, 6.07) is 17.7. The lowest BCUT2D eigenvalue weighted by molar-refractivity contribution is 0.712. The molecule has 4 aromatic rings. The van der Waals surface area contributed by atoms with Crippen molar-refractivity contribution in [3.05, 3.63) is 88.5 Å². The lowest BCUT2D eigenvalue weighted by atomic mass is 10.0. The van der Waals surface area contributed by atoms with Crippen LogP contribution in [-0.2, 0) is 13.0 Å². The van der Waals surface area contributed by atoms with Crippen molar-refractivity contribution in [2.45, 2.75) is 13.0 Å². The minimum Gasteiger partial charge on any atom is -0.365 e. The van der Waals surface area contributed by atoms with Crippen LogP contribution in [0.5, 0.6) is 0 Å². The van der Waals surface area contributed by atoms with Gasteiger partial charge in [0.25, 0.3) is 0 Å². The molecule has 5 heteroatoms. The van der Waals surface area contributed by atoms with E-state index < -0.39 is 0 Å². The summed E-state index contributed by atoms with van der Waals surface area (Å²) in [7, 11) is 0. The summed E-state index contributed by atoms with van der Waals surface area (Å²) < 4.78 is 0. The van der Waals surface area contributed by atoms with E-state index in [0.29, 0.717) is 11.0 Å². The molecule has 1 N–H and O–H groups in total. The topological polar surface area (TPSA) is 61.9 Å². The van der Waals surface area contributed by atoms with Crippen LogP contribution in [0.2, 0.25) is 0 Å². The number of nitrogens with zero attached hydrogens (tertiary/aromatic N) is 3. The van der Waals surface area contributed by atoms with Crippen molar-refractivity contribution in [2.75, 3.05) is 11.4 Å². The fraction of sp³-hybridized carbons (Fsp3) is 0.136. The van der Waals surface area contributed by atoms with E-state index in [2.05, 4.69) is 33.1 Å². The van der Waals surface area contributed by atoms with Gasteiger partial charge in [0.05, 0.1) is 16.8 Å². The Balaban J connectivity index is 1.70. The zero-order chi connectivity index (χ0) is 18.2. The van der Waals surface area contributed by atoms with E-state index in [4.69, 9.17) is 4.98 Å². The lowest BCUT2D eigenvalue weighted by Gasteiger charge is -2.31. The van der Waals surface area contributed by atoms with Crippen LogP contribution >= 0.6 is 0 Å². The minimum absolute atomic E-state index is 0.0174. The highest BCUT2D eigenvalue weighted by Crippen LogP contribution is 2.33. The van der Waals surface area contributed by atoms with Crippen LogP contribution in [0.25, 0.3) is 22.3 Å². The van der Waals surface area contributed by atoms with Crippen LogP contribution in [0.1, 0.15) is 11.3 Å². The van der Waals surface area contributed by atoms with Gasteiger partial charge in [-0.2, -0.15) is 0 Å². The summed E-state index contributed by atoms with van der Waals surface area (Å²) >= 11 is 0. The maximum absolute atomic E-state index is 12.4. The van der Waals surface area contributed by atoms with Crippen molar-refractivity contribution < 1.29 is 0 Å². The summed E-state index contributed by atoms with van der Waals surface area (Å²) in [5, 5.41) is 0.615. The Hall–Kier alpha value is -3.47. The number of hydrogen-bond acceptors (Lipinski definition) is 4. The van der Waals surface area contributed by atoms with Gasteiger partial charge in [-0.3, -0.25) is 9.78 Å². The number of benzene rings is 1.